The summed E-state index contributed by atoms with van der Waals surface area (Å²) in [5, 5.41) is 0. The third kappa shape index (κ3) is 3.73. The van der Waals surface area contributed by atoms with Gasteiger partial charge in [-0.2, -0.15) is 0 Å². The van der Waals surface area contributed by atoms with Crippen LogP contribution >= 0.6 is 0 Å². The van der Waals surface area contributed by atoms with Gasteiger partial charge in [-0.05, 0) is 46.2 Å². The highest BCUT2D eigenvalue weighted by Crippen LogP contribution is 2.31. The van der Waals surface area contributed by atoms with Crippen LogP contribution in [-0.4, -0.2) is 39.2 Å². The summed E-state index contributed by atoms with van der Waals surface area (Å²) >= 11 is 0. The molecule has 2 aromatic heterocycles. The van der Waals surface area contributed by atoms with E-state index in [1.165, 1.54) is 0 Å². The smallest absolute Gasteiger partial charge is 0.161 e. The van der Waals surface area contributed by atoms with Gasteiger partial charge in [-0.3, -0.25) is 4.98 Å². The Morgan fingerprint density at radius 2 is 1.67 bits per heavy atom. The molecular weight excluding hydrogens is 300 g/mol. The van der Waals surface area contributed by atoms with Crippen LogP contribution in [0.4, 0.5) is 5.82 Å². The van der Waals surface area contributed by atoms with Crippen molar-refractivity contribution in [2.24, 2.45) is 0 Å². The Kier molecular flexibility index (Phi) is 4.30. The van der Waals surface area contributed by atoms with Crippen LogP contribution in [0.25, 0.3) is 11.4 Å². The van der Waals surface area contributed by atoms with E-state index in [2.05, 4.69) is 50.6 Å². The zero-order valence-electron chi connectivity index (χ0n) is 15.2. The maximum absolute atomic E-state index is 6.19. The van der Waals surface area contributed by atoms with Crippen molar-refractivity contribution in [2.45, 2.75) is 52.2 Å². The minimum Gasteiger partial charge on any atom is -0.366 e. The van der Waals surface area contributed by atoms with E-state index in [-0.39, 0.29) is 11.2 Å². The highest BCUT2D eigenvalue weighted by molar-refractivity contribution is 5.57. The van der Waals surface area contributed by atoms with Crippen molar-refractivity contribution in [1.82, 2.24) is 15.0 Å². The highest BCUT2D eigenvalue weighted by Gasteiger charge is 2.38. The first kappa shape index (κ1) is 16.8. The average Bonchev–Trinajstić information content (AvgIpc) is 2.52. The molecule has 1 aliphatic rings. The lowest BCUT2D eigenvalue weighted by Gasteiger charge is -2.47. The highest BCUT2D eigenvalue weighted by atomic mass is 16.5. The average molecular weight is 326 g/mol. The van der Waals surface area contributed by atoms with Gasteiger partial charge in [0.15, 0.2) is 5.82 Å². The quantitative estimate of drug-likeness (QED) is 0.864. The molecule has 0 unspecified atom stereocenters. The molecular formula is C19H26N4O. The van der Waals surface area contributed by atoms with Crippen LogP contribution in [0.3, 0.4) is 0 Å². The van der Waals surface area contributed by atoms with Gasteiger partial charge in [0.25, 0.3) is 0 Å². The summed E-state index contributed by atoms with van der Waals surface area (Å²) in [6.45, 7) is 12.3. The first-order valence-corrected chi connectivity index (χ1v) is 8.51. The van der Waals surface area contributed by atoms with Crippen molar-refractivity contribution in [3.8, 4) is 11.4 Å². The van der Waals surface area contributed by atoms with Crippen LogP contribution in [0.15, 0.2) is 30.6 Å². The fourth-order valence-electron chi connectivity index (χ4n) is 3.41. The second-order valence-corrected chi connectivity index (χ2v) is 7.61. The molecule has 0 atom stereocenters. The Morgan fingerprint density at radius 3 is 2.25 bits per heavy atom. The largest absolute Gasteiger partial charge is 0.366 e. The van der Waals surface area contributed by atoms with Gasteiger partial charge in [-0.25, -0.2) is 9.97 Å². The predicted molar refractivity (Wildman–Crippen MR) is 96.1 cm³/mol. The molecule has 0 radical (unpaired) electrons. The fourth-order valence-corrected chi connectivity index (χ4v) is 3.41. The van der Waals surface area contributed by atoms with Crippen molar-refractivity contribution in [3.63, 3.8) is 0 Å². The summed E-state index contributed by atoms with van der Waals surface area (Å²) < 4.78 is 6.19. The van der Waals surface area contributed by atoms with Crippen molar-refractivity contribution in [3.05, 3.63) is 36.3 Å². The van der Waals surface area contributed by atoms with Crippen molar-refractivity contribution in [1.29, 1.82) is 0 Å². The minimum atomic E-state index is -0.212. The Hall–Kier alpha value is -2.01. The van der Waals surface area contributed by atoms with E-state index >= 15 is 0 Å². The topological polar surface area (TPSA) is 51.1 Å². The second-order valence-electron chi connectivity index (χ2n) is 7.61. The lowest BCUT2D eigenvalue weighted by molar-refractivity contribution is -0.133. The first-order valence-electron chi connectivity index (χ1n) is 8.51. The van der Waals surface area contributed by atoms with Crippen LogP contribution in [0.1, 0.15) is 40.3 Å². The Bertz CT molecular complexity index is 697. The van der Waals surface area contributed by atoms with Gasteiger partial charge in [0.1, 0.15) is 5.82 Å². The van der Waals surface area contributed by atoms with Gasteiger partial charge < -0.3 is 9.64 Å². The number of anilines is 1. The van der Waals surface area contributed by atoms with Crippen molar-refractivity contribution < 1.29 is 4.74 Å². The van der Waals surface area contributed by atoms with Crippen LogP contribution in [0.5, 0.6) is 0 Å². The van der Waals surface area contributed by atoms with Gasteiger partial charge in [0.2, 0.25) is 0 Å². The van der Waals surface area contributed by atoms with Gasteiger partial charge >= 0.3 is 0 Å². The summed E-state index contributed by atoms with van der Waals surface area (Å²) in [5.74, 6) is 1.73. The van der Waals surface area contributed by atoms with E-state index in [1.807, 2.05) is 12.1 Å². The number of nitrogens with zero attached hydrogens (tertiary/aromatic N) is 4. The maximum atomic E-state index is 6.19. The second kappa shape index (κ2) is 6.13. The number of hydrogen-bond acceptors (Lipinski definition) is 5. The van der Waals surface area contributed by atoms with Crippen LogP contribution in [0.2, 0.25) is 0 Å². The SMILES string of the molecule is CCc1cc(N2CC(C)(C)OC(C)(C)C2)nc(-c2ccncc2)n1. The van der Waals surface area contributed by atoms with Crippen molar-refractivity contribution >= 4 is 5.82 Å². The predicted octanol–water partition coefficient (Wildman–Crippen LogP) is 3.49. The molecule has 0 spiro atoms. The molecule has 128 valence electrons. The molecule has 0 amide bonds. The third-order valence-electron chi connectivity index (χ3n) is 4.09. The van der Waals surface area contributed by atoms with E-state index in [0.29, 0.717) is 0 Å². The molecule has 0 saturated carbocycles. The van der Waals surface area contributed by atoms with Crippen molar-refractivity contribution in [2.75, 3.05) is 18.0 Å². The Labute approximate surface area is 144 Å². The standard InChI is InChI=1S/C19H26N4O/c1-6-15-11-16(22-17(21-15)14-7-9-20-10-8-14)23-12-18(2,3)24-19(4,5)13-23/h7-11H,6,12-13H2,1-5H3. The normalized spacial score (nSPS) is 19.3. The molecule has 1 saturated heterocycles. The molecule has 5 nitrogen and oxygen atoms in total. The van der Waals surface area contributed by atoms with Gasteiger partial charge in [0, 0.05) is 42.8 Å². The molecule has 1 aliphatic heterocycles. The number of aryl methyl sites for hydroxylation is 1. The summed E-state index contributed by atoms with van der Waals surface area (Å²) in [6, 6.07) is 6.00. The summed E-state index contributed by atoms with van der Waals surface area (Å²) in [7, 11) is 0. The summed E-state index contributed by atoms with van der Waals surface area (Å²) in [6.07, 6.45) is 4.43. The van der Waals surface area contributed by atoms with Crippen LogP contribution < -0.4 is 4.90 Å². The molecule has 3 rings (SSSR count). The number of aromatic nitrogens is 3. The number of pyridine rings is 1. The zero-order valence-corrected chi connectivity index (χ0v) is 15.2. The molecule has 24 heavy (non-hydrogen) atoms. The van der Waals surface area contributed by atoms with E-state index in [9.17, 15) is 0 Å². The van der Waals surface area contributed by atoms with Gasteiger partial charge in [-0.1, -0.05) is 6.92 Å². The molecule has 0 aliphatic carbocycles. The molecule has 3 heterocycles. The first-order chi connectivity index (χ1) is 11.3. The zero-order chi connectivity index (χ0) is 17.4. The lowest BCUT2D eigenvalue weighted by Crippen LogP contribution is -2.57. The van der Waals surface area contributed by atoms with E-state index in [0.717, 1.165) is 42.4 Å². The summed E-state index contributed by atoms with van der Waals surface area (Å²) in [4.78, 5) is 15.9. The molecule has 2 aromatic rings. The van der Waals surface area contributed by atoms with E-state index in [1.54, 1.807) is 12.4 Å². The lowest BCUT2D eigenvalue weighted by atomic mass is 9.99. The number of ether oxygens (including phenoxy) is 1. The van der Waals surface area contributed by atoms with E-state index < -0.39 is 0 Å². The van der Waals surface area contributed by atoms with E-state index in [4.69, 9.17) is 14.7 Å². The van der Waals surface area contributed by atoms with Gasteiger partial charge in [-0.15, -0.1) is 0 Å². The molecule has 5 heteroatoms. The molecule has 0 aromatic carbocycles. The molecule has 0 bridgehead atoms. The third-order valence-corrected chi connectivity index (χ3v) is 4.09. The van der Waals surface area contributed by atoms with Gasteiger partial charge in [0.05, 0.1) is 11.2 Å². The number of morpholine rings is 1. The van der Waals surface area contributed by atoms with Crippen LogP contribution in [-0.2, 0) is 11.2 Å². The fraction of sp³-hybridized carbons (Fsp3) is 0.526. The van der Waals surface area contributed by atoms with Crippen LogP contribution in [0, 0.1) is 0 Å². The Balaban J connectivity index is 2.01. The Morgan fingerprint density at radius 1 is 1.04 bits per heavy atom. The monoisotopic (exact) mass is 326 g/mol. The molecule has 1 fully saturated rings. The molecule has 0 N–H and O–H groups in total. The summed E-state index contributed by atoms with van der Waals surface area (Å²) in [5.41, 5.74) is 1.62. The number of rotatable bonds is 3. The maximum Gasteiger partial charge on any atom is 0.161 e. The minimum absolute atomic E-state index is 0.212. The number of hydrogen-bond donors (Lipinski definition) is 0.